The van der Waals surface area contributed by atoms with Gasteiger partial charge in [-0.15, -0.1) is 0 Å². The Morgan fingerprint density at radius 1 is 1.14 bits per heavy atom. The minimum atomic E-state index is -0.466. The molecule has 0 radical (unpaired) electrons. The maximum absolute atomic E-state index is 12.3. The highest BCUT2D eigenvalue weighted by molar-refractivity contribution is 5.87. The summed E-state index contributed by atoms with van der Waals surface area (Å²) >= 11 is 0. The number of carbonyl (C=O) groups is 2. The van der Waals surface area contributed by atoms with Gasteiger partial charge in [0.1, 0.15) is 6.04 Å². The fourth-order valence-corrected chi connectivity index (χ4v) is 2.03. The molecule has 0 aliphatic carbocycles. The van der Waals surface area contributed by atoms with Gasteiger partial charge in [-0.25, -0.2) is 0 Å². The van der Waals surface area contributed by atoms with Crippen LogP contribution in [0.3, 0.4) is 0 Å². The molecule has 2 atom stereocenters. The van der Waals surface area contributed by atoms with Gasteiger partial charge in [0.05, 0.1) is 0 Å². The molecular weight excluding hydrogens is 264 g/mol. The van der Waals surface area contributed by atoms with Gasteiger partial charge in [0.25, 0.3) is 0 Å². The Labute approximate surface area is 127 Å². The number of carbonyl (C=O) groups excluding carboxylic acids is 2. The molecule has 21 heavy (non-hydrogen) atoms. The fourth-order valence-electron chi connectivity index (χ4n) is 2.03. The first-order valence-electron chi connectivity index (χ1n) is 7.63. The largest absolute Gasteiger partial charge is 0.352 e. The van der Waals surface area contributed by atoms with Crippen molar-refractivity contribution in [2.24, 2.45) is 0 Å². The molecule has 0 fully saturated rings. The van der Waals surface area contributed by atoms with Crippen molar-refractivity contribution in [2.45, 2.75) is 59.2 Å². The first-order valence-corrected chi connectivity index (χ1v) is 7.63. The SMILES string of the molecule is CCC(=O)N(Cc1ccccc1)C(C)C(=O)NC(C)CC. The van der Waals surface area contributed by atoms with Crippen LogP contribution in [0.4, 0.5) is 0 Å². The van der Waals surface area contributed by atoms with Crippen LogP contribution in [0.5, 0.6) is 0 Å². The van der Waals surface area contributed by atoms with Crippen LogP contribution in [0.15, 0.2) is 30.3 Å². The van der Waals surface area contributed by atoms with E-state index in [2.05, 4.69) is 5.32 Å². The third-order valence-corrected chi connectivity index (χ3v) is 3.67. The Morgan fingerprint density at radius 2 is 1.76 bits per heavy atom. The molecule has 2 unspecified atom stereocenters. The first-order chi connectivity index (χ1) is 9.99. The number of amides is 2. The average molecular weight is 290 g/mol. The molecular formula is C17H26N2O2. The van der Waals surface area contributed by atoms with Gasteiger partial charge in [-0.1, -0.05) is 44.2 Å². The van der Waals surface area contributed by atoms with E-state index in [1.165, 1.54) is 0 Å². The van der Waals surface area contributed by atoms with E-state index in [0.29, 0.717) is 13.0 Å². The lowest BCUT2D eigenvalue weighted by Crippen LogP contribution is -2.49. The average Bonchev–Trinajstić information content (AvgIpc) is 2.51. The Hall–Kier alpha value is -1.84. The van der Waals surface area contributed by atoms with Gasteiger partial charge in [-0.05, 0) is 25.8 Å². The summed E-state index contributed by atoms with van der Waals surface area (Å²) in [4.78, 5) is 26.1. The maximum atomic E-state index is 12.3. The lowest BCUT2D eigenvalue weighted by Gasteiger charge is -2.29. The van der Waals surface area contributed by atoms with E-state index in [9.17, 15) is 9.59 Å². The van der Waals surface area contributed by atoms with Crippen molar-refractivity contribution in [2.75, 3.05) is 0 Å². The lowest BCUT2D eigenvalue weighted by atomic mass is 10.1. The zero-order valence-corrected chi connectivity index (χ0v) is 13.4. The standard InChI is InChI=1S/C17H26N2O2/c1-5-13(3)18-17(21)14(4)19(16(20)6-2)12-15-10-8-7-9-11-15/h7-11,13-14H,5-6,12H2,1-4H3,(H,18,21). The number of rotatable bonds is 7. The molecule has 0 aliphatic rings. The topological polar surface area (TPSA) is 49.4 Å². The summed E-state index contributed by atoms with van der Waals surface area (Å²) in [7, 11) is 0. The van der Waals surface area contributed by atoms with Crippen molar-refractivity contribution < 1.29 is 9.59 Å². The summed E-state index contributed by atoms with van der Waals surface area (Å²) in [6.07, 6.45) is 1.27. The van der Waals surface area contributed by atoms with Gasteiger partial charge in [0.2, 0.25) is 11.8 Å². The molecule has 4 heteroatoms. The molecule has 0 aliphatic heterocycles. The molecule has 1 aromatic rings. The van der Waals surface area contributed by atoms with E-state index in [4.69, 9.17) is 0 Å². The molecule has 4 nitrogen and oxygen atoms in total. The summed E-state index contributed by atoms with van der Waals surface area (Å²) in [6.45, 7) is 8.05. The van der Waals surface area contributed by atoms with Crippen LogP contribution in [0.1, 0.15) is 46.1 Å². The molecule has 0 saturated carbocycles. The Balaban J connectivity index is 2.82. The zero-order chi connectivity index (χ0) is 15.8. The Kier molecular flexibility index (Phi) is 6.92. The Morgan fingerprint density at radius 3 is 2.29 bits per heavy atom. The molecule has 0 aromatic heterocycles. The molecule has 2 amide bonds. The highest BCUT2D eigenvalue weighted by Gasteiger charge is 2.25. The van der Waals surface area contributed by atoms with Crippen LogP contribution in [0.25, 0.3) is 0 Å². The van der Waals surface area contributed by atoms with Crippen LogP contribution in [0, 0.1) is 0 Å². The number of benzene rings is 1. The minimum absolute atomic E-state index is 0.00865. The number of hydrogen-bond donors (Lipinski definition) is 1. The summed E-state index contributed by atoms with van der Waals surface area (Å²) < 4.78 is 0. The molecule has 0 saturated heterocycles. The predicted molar refractivity (Wildman–Crippen MR) is 84.6 cm³/mol. The third kappa shape index (κ3) is 5.21. The molecule has 1 rings (SSSR count). The summed E-state index contributed by atoms with van der Waals surface area (Å²) in [6, 6.07) is 9.41. The Bertz CT molecular complexity index is 459. The maximum Gasteiger partial charge on any atom is 0.242 e. The number of hydrogen-bond acceptors (Lipinski definition) is 2. The van der Waals surface area contributed by atoms with Gasteiger partial charge in [-0.2, -0.15) is 0 Å². The van der Waals surface area contributed by atoms with E-state index < -0.39 is 6.04 Å². The van der Waals surface area contributed by atoms with Crippen LogP contribution in [-0.2, 0) is 16.1 Å². The minimum Gasteiger partial charge on any atom is -0.352 e. The highest BCUT2D eigenvalue weighted by Crippen LogP contribution is 2.11. The van der Waals surface area contributed by atoms with Crippen molar-refractivity contribution in [3.8, 4) is 0 Å². The van der Waals surface area contributed by atoms with Crippen molar-refractivity contribution in [1.82, 2.24) is 10.2 Å². The highest BCUT2D eigenvalue weighted by atomic mass is 16.2. The number of nitrogens with one attached hydrogen (secondary N) is 1. The summed E-state index contributed by atoms with van der Waals surface area (Å²) in [5.41, 5.74) is 1.03. The second kappa shape index (κ2) is 8.45. The lowest BCUT2D eigenvalue weighted by molar-refractivity contribution is -0.140. The van der Waals surface area contributed by atoms with Gasteiger partial charge >= 0.3 is 0 Å². The van der Waals surface area contributed by atoms with Crippen molar-refractivity contribution >= 4 is 11.8 Å². The van der Waals surface area contributed by atoms with Crippen LogP contribution < -0.4 is 5.32 Å². The normalized spacial score (nSPS) is 13.3. The molecule has 116 valence electrons. The molecule has 0 bridgehead atoms. The van der Waals surface area contributed by atoms with Gasteiger partial charge in [0.15, 0.2) is 0 Å². The van der Waals surface area contributed by atoms with E-state index >= 15 is 0 Å². The van der Waals surface area contributed by atoms with E-state index in [1.807, 2.05) is 51.1 Å². The van der Waals surface area contributed by atoms with Gasteiger partial charge in [-0.3, -0.25) is 9.59 Å². The van der Waals surface area contributed by atoms with Crippen molar-refractivity contribution in [3.63, 3.8) is 0 Å². The van der Waals surface area contributed by atoms with Gasteiger partial charge < -0.3 is 10.2 Å². The third-order valence-electron chi connectivity index (χ3n) is 3.67. The first kappa shape index (κ1) is 17.2. The molecule has 0 spiro atoms. The van der Waals surface area contributed by atoms with Crippen LogP contribution >= 0.6 is 0 Å². The fraction of sp³-hybridized carbons (Fsp3) is 0.529. The quantitative estimate of drug-likeness (QED) is 0.839. The van der Waals surface area contributed by atoms with E-state index in [-0.39, 0.29) is 17.9 Å². The second-order valence-electron chi connectivity index (χ2n) is 5.35. The van der Waals surface area contributed by atoms with E-state index in [0.717, 1.165) is 12.0 Å². The van der Waals surface area contributed by atoms with Gasteiger partial charge in [0, 0.05) is 19.0 Å². The van der Waals surface area contributed by atoms with Crippen molar-refractivity contribution in [1.29, 1.82) is 0 Å². The van der Waals surface area contributed by atoms with Crippen LogP contribution in [0.2, 0.25) is 0 Å². The summed E-state index contributed by atoms with van der Waals surface area (Å²) in [5, 5.41) is 2.94. The monoisotopic (exact) mass is 290 g/mol. The molecule has 0 heterocycles. The van der Waals surface area contributed by atoms with E-state index in [1.54, 1.807) is 11.8 Å². The molecule has 1 N–H and O–H groups in total. The number of nitrogens with zero attached hydrogens (tertiary/aromatic N) is 1. The zero-order valence-electron chi connectivity index (χ0n) is 13.4. The van der Waals surface area contributed by atoms with Crippen molar-refractivity contribution in [3.05, 3.63) is 35.9 Å². The second-order valence-corrected chi connectivity index (χ2v) is 5.35. The predicted octanol–water partition coefficient (Wildman–Crippen LogP) is 2.73. The summed E-state index contributed by atoms with van der Waals surface area (Å²) in [5.74, 6) is -0.104. The van der Waals surface area contributed by atoms with Crippen LogP contribution in [-0.4, -0.2) is 28.8 Å². The molecule has 1 aromatic carbocycles. The smallest absolute Gasteiger partial charge is 0.242 e.